The summed E-state index contributed by atoms with van der Waals surface area (Å²) in [5.41, 5.74) is 2.44. The summed E-state index contributed by atoms with van der Waals surface area (Å²) in [5, 5.41) is 6.52. The van der Waals surface area contributed by atoms with Gasteiger partial charge in [-0.3, -0.25) is 10.1 Å². The second-order valence-electron chi connectivity index (χ2n) is 3.22. The first-order valence-corrected chi connectivity index (χ1v) is 4.61. The molecule has 3 heterocycles. The lowest BCUT2D eigenvalue weighted by atomic mass is 10.3. The van der Waals surface area contributed by atoms with Crippen molar-refractivity contribution >= 4 is 11.2 Å². The highest BCUT2D eigenvalue weighted by Crippen LogP contribution is 2.15. The first-order chi connectivity index (χ1) is 7.83. The Morgan fingerprint density at radius 2 is 1.94 bits per heavy atom. The molecule has 0 fully saturated rings. The molecule has 0 bridgehead atoms. The molecule has 16 heavy (non-hydrogen) atoms. The fourth-order valence-electron chi connectivity index (χ4n) is 1.38. The third-order valence-electron chi connectivity index (χ3n) is 2.15. The molecule has 0 unspecified atom stereocenters. The fraction of sp³-hybridized carbons (Fsp3) is 0. The maximum atomic E-state index is 12.7. The number of rotatable bonds is 1. The van der Waals surface area contributed by atoms with Crippen LogP contribution in [0.5, 0.6) is 0 Å². The van der Waals surface area contributed by atoms with Gasteiger partial charge in [-0.15, -0.1) is 0 Å². The quantitative estimate of drug-likeness (QED) is 0.668. The minimum absolute atomic E-state index is 0.374. The van der Waals surface area contributed by atoms with E-state index in [1.165, 1.54) is 6.07 Å². The van der Waals surface area contributed by atoms with Gasteiger partial charge in [0.15, 0.2) is 5.65 Å². The number of fused-ring (bicyclic) bond motifs is 1. The number of halogens is 1. The van der Waals surface area contributed by atoms with Crippen molar-refractivity contribution in [2.45, 2.75) is 0 Å². The molecule has 3 aromatic rings. The average molecular weight is 215 g/mol. The van der Waals surface area contributed by atoms with Crippen LogP contribution in [0.1, 0.15) is 0 Å². The molecule has 0 amide bonds. The van der Waals surface area contributed by atoms with Crippen LogP contribution in [0, 0.1) is 5.82 Å². The number of H-pyrrole nitrogens is 1. The van der Waals surface area contributed by atoms with Gasteiger partial charge in [-0.2, -0.15) is 5.10 Å². The van der Waals surface area contributed by atoms with Crippen LogP contribution < -0.4 is 0 Å². The lowest BCUT2D eigenvalue weighted by Crippen LogP contribution is -1.90. The molecule has 3 rings (SSSR count). The molecule has 5 nitrogen and oxygen atoms in total. The Bertz CT molecular complexity index is 631. The second-order valence-corrected chi connectivity index (χ2v) is 3.22. The zero-order valence-corrected chi connectivity index (χ0v) is 8.05. The molecule has 0 saturated heterocycles. The van der Waals surface area contributed by atoms with Gasteiger partial charge in [0.1, 0.15) is 17.0 Å². The average Bonchev–Trinajstić information content (AvgIpc) is 2.77. The van der Waals surface area contributed by atoms with Crippen molar-refractivity contribution in [2.75, 3.05) is 0 Å². The van der Waals surface area contributed by atoms with E-state index in [1.54, 1.807) is 18.5 Å². The Morgan fingerprint density at radius 3 is 2.75 bits per heavy atom. The van der Waals surface area contributed by atoms with E-state index >= 15 is 0 Å². The van der Waals surface area contributed by atoms with Crippen LogP contribution in [0.4, 0.5) is 4.39 Å². The largest absolute Gasteiger partial charge is 0.259 e. The van der Waals surface area contributed by atoms with Crippen molar-refractivity contribution in [1.82, 2.24) is 25.1 Å². The van der Waals surface area contributed by atoms with Gasteiger partial charge in [0, 0.05) is 0 Å². The van der Waals surface area contributed by atoms with Gasteiger partial charge in [0.25, 0.3) is 0 Å². The first-order valence-electron chi connectivity index (χ1n) is 4.61. The van der Waals surface area contributed by atoms with E-state index in [-0.39, 0.29) is 5.82 Å². The Kier molecular flexibility index (Phi) is 1.86. The van der Waals surface area contributed by atoms with Crippen molar-refractivity contribution in [3.05, 3.63) is 36.5 Å². The predicted molar refractivity (Wildman–Crippen MR) is 54.9 cm³/mol. The summed E-state index contributed by atoms with van der Waals surface area (Å²) in [6.07, 6.45) is 4.30. The topological polar surface area (TPSA) is 67.3 Å². The maximum Gasteiger partial charge on any atom is 0.174 e. The Hall–Kier alpha value is -2.37. The normalized spacial score (nSPS) is 10.8. The van der Waals surface area contributed by atoms with Gasteiger partial charge in [-0.05, 0) is 12.1 Å². The highest BCUT2D eigenvalue weighted by Gasteiger charge is 2.04. The van der Waals surface area contributed by atoms with Crippen LogP contribution in [0.25, 0.3) is 22.6 Å². The van der Waals surface area contributed by atoms with E-state index in [1.807, 2.05) is 0 Å². The second kappa shape index (κ2) is 3.34. The molecule has 0 aliphatic heterocycles. The zero-order chi connectivity index (χ0) is 11.0. The zero-order valence-electron chi connectivity index (χ0n) is 8.05. The minimum Gasteiger partial charge on any atom is -0.259 e. The minimum atomic E-state index is -0.374. The molecular weight excluding hydrogens is 209 g/mol. The Labute approximate surface area is 89.4 Å². The van der Waals surface area contributed by atoms with Crippen molar-refractivity contribution in [3.63, 3.8) is 0 Å². The van der Waals surface area contributed by atoms with E-state index < -0.39 is 0 Å². The molecule has 0 atom stereocenters. The third-order valence-corrected chi connectivity index (χ3v) is 2.15. The third kappa shape index (κ3) is 1.40. The number of aromatic amines is 1. The van der Waals surface area contributed by atoms with Crippen LogP contribution in [-0.4, -0.2) is 25.1 Å². The number of aromatic nitrogens is 5. The molecule has 6 heteroatoms. The molecule has 0 spiro atoms. The van der Waals surface area contributed by atoms with Gasteiger partial charge in [-0.1, -0.05) is 0 Å². The van der Waals surface area contributed by atoms with E-state index in [0.717, 1.165) is 6.20 Å². The summed E-state index contributed by atoms with van der Waals surface area (Å²) < 4.78 is 12.7. The van der Waals surface area contributed by atoms with Gasteiger partial charge in [-0.25, -0.2) is 14.4 Å². The maximum absolute atomic E-state index is 12.7. The standard InChI is InChI=1S/C10H6FN5/c11-6-1-2-7(12-3-6)8-4-13-10-9(15-8)5-14-16-10/h1-5H,(H,13,14,16). The SMILES string of the molecule is Fc1ccc(-c2cnc3[nH]ncc3n2)nc1. The van der Waals surface area contributed by atoms with E-state index in [0.29, 0.717) is 22.6 Å². The molecular formula is C10H6FN5. The van der Waals surface area contributed by atoms with Crippen molar-refractivity contribution in [3.8, 4) is 11.4 Å². The first kappa shape index (κ1) is 8.90. The smallest absolute Gasteiger partial charge is 0.174 e. The van der Waals surface area contributed by atoms with Crippen molar-refractivity contribution in [2.24, 2.45) is 0 Å². The summed E-state index contributed by atoms with van der Waals surface area (Å²) in [5.74, 6) is -0.374. The van der Waals surface area contributed by atoms with Crippen molar-refractivity contribution in [1.29, 1.82) is 0 Å². The fourth-order valence-corrected chi connectivity index (χ4v) is 1.38. The molecule has 0 radical (unpaired) electrons. The van der Waals surface area contributed by atoms with Crippen LogP contribution >= 0.6 is 0 Å². The number of nitrogens with zero attached hydrogens (tertiary/aromatic N) is 4. The summed E-state index contributed by atoms with van der Waals surface area (Å²) in [4.78, 5) is 12.4. The molecule has 0 aliphatic rings. The highest BCUT2D eigenvalue weighted by atomic mass is 19.1. The van der Waals surface area contributed by atoms with Crippen LogP contribution in [0.3, 0.4) is 0 Å². The van der Waals surface area contributed by atoms with Crippen LogP contribution in [-0.2, 0) is 0 Å². The van der Waals surface area contributed by atoms with E-state index in [4.69, 9.17) is 0 Å². The molecule has 0 aromatic carbocycles. The molecule has 78 valence electrons. The Morgan fingerprint density at radius 1 is 1.00 bits per heavy atom. The van der Waals surface area contributed by atoms with E-state index in [9.17, 15) is 4.39 Å². The van der Waals surface area contributed by atoms with Gasteiger partial charge in [0.2, 0.25) is 0 Å². The van der Waals surface area contributed by atoms with E-state index in [2.05, 4.69) is 25.1 Å². The summed E-state index contributed by atoms with van der Waals surface area (Å²) in [6.45, 7) is 0. The number of hydrogen-bond acceptors (Lipinski definition) is 4. The van der Waals surface area contributed by atoms with Crippen LogP contribution in [0.15, 0.2) is 30.7 Å². The Balaban J connectivity index is 2.14. The molecule has 3 aromatic heterocycles. The molecule has 1 N–H and O–H groups in total. The predicted octanol–water partition coefficient (Wildman–Crippen LogP) is 1.55. The van der Waals surface area contributed by atoms with Gasteiger partial charge >= 0.3 is 0 Å². The lowest BCUT2D eigenvalue weighted by molar-refractivity contribution is 0.622. The molecule has 0 saturated carbocycles. The summed E-state index contributed by atoms with van der Waals surface area (Å²) in [6, 6.07) is 2.90. The summed E-state index contributed by atoms with van der Waals surface area (Å²) in [7, 11) is 0. The van der Waals surface area contributed by atoms with Gasteiger partial charge in [0.05, 0.1) is 24.3 Å². The van der Waals surface area contributed by atoms with Crippen LogP contribution in [0.2, 0.25) is 0 Å². The number of hydrogen-bond donors (Lipinski definition) is 1. The number of pyridine rings is 1. The van der Waals surface area contributed by atoms with Gasteiger partial charge < -0.3 is 0 Å². The monoisotopic (exact) mass is 215 g/mol. The molecule has 0 aliphatic carbocycles. The van der Waals surface area contributed by atoms with Crippen molar-refractivity contribution < 1.29 is 4.39 Å². The summed E-state index contributed by atoms with van der Waals surface area (Å²) >= 11 is 0. The lowest BCUT2D eigenvalue weighted by Gasteiger charge is -1.98. The highest BCUT2D eigenvalue weighted by molar-refractivity contribution is 5.71. The number of nitrogens with one attached hydrogen (secondary N) is 1.